The van der Waals surface area contributed by atoms with Crippen molar-refractivity contribution < 1.29 is 0 Å². The Labute approximate surface area is 150 Å². The lowest BCUT2D eigenvalue weighted by atomic mass is 9.80. The molecule has 24 heavy (non-hydrogen) atoms. The second kappa shape index (κ2) is 7.11. The van der Waals surface area contributed by atoms with E-state index in [1.807, 2.05) is 11.3 Å². The number of hydrogen-bond donors (Lipinski definition) is 0. The van der Waals surface area contributed by atoms with Crippen LogP contribution in [0.15, 0.2) is 37.4 Å². The van der Waals surface area contributed by atoms with E-state index < -0.39 is 0 Å². The molecule has 1 aliphatic carbocycles. The van der Waals surface area contributed by atoms with Gasteiger partial charge in [-0.15, -0.1) is 11.3 Å². The van der Waals surface area contributed by atoms with Crippen molar-refractivity contribution in [2.24, 2.45) is 5.92 Å². The average molecular weight is 337 g/mol. The van der Waals surface area contributed by atoms with Gasteiger partial charge in [-0.1, -0.05) is 49.9 Å². The second-order valence-corrected chi connectivity index (χ2v) is 8.48. The number of hydrogen-bond acceptors (Lipinski definition) is 1. The van der Waals surface area contributed by atoms with Crippen LogP contribution < -0.4 is 0 Å². The molecule has 0 bridgehead atoms. The molecule has 1 aliphatic rings. The lowest BCUT2D eigenvalue weighted by molar-refractivity contribution is 0.473. The van der Waals surface area contributed by atoms with E-state index >= 15 is 0 Å². The van der Waals surface area contributed by atoms with E-state index in [0.717, 1.165) is 12.8 Å². The van der Waals surface area contributed by atoms with Gasteiger partial charge in [-0.05, 0) is 79.7 Å². The van der Waals surface area contributed by atoms with Gasteiger partial charge in [0, 0.05) is 9.75 Å². The summed E-state index contributed by atoms with van der Waals surface area (Å²) in [6, 6.07) is 8.80. The van der Waals surface area contributed by atoms with Crippen LogP contribution in [-0.2, 0) is 12.8 Å². The number of aryl methyl sites for hydroxylation is 3. The molecule has 1 heteroatoms. The minimum atomic E-state index is 0.712. The molecule has 1 unspecified atom stereocenters. The summed E-state index contributed by atoms with van der Waals surface area (Å²) >= 11 is 2.00. The molecule has 0 spiro atoms. The van der Waals surface area contributed by atoms with E-state index in [9.17, 15) is 0 Å². The second-order valence-electron chi connectivity index (χ2n) is 7.17. The Morgan fingerprint density at radius 1 is 1.12 bits per heavy atom. The number of rotatable bonds is 5. The van der Waals surface area contributed by atoms with Crippen LogP contribution in [0.3, 0.4) is 0 Å². The maximum absolute atomic E-state index is 4.37. The van der Waals surface area contributed by atoms with Crippen molar-refractivity contribution in [1.29, 1.82) is 0 Å². The minimum absolute atomic E-state index is 0.712. The van der Waals surface area contributed by atoms with Gasteiger partial charge in [0.25, 0.3) is 0 Å². The molecule has 2 aromatic rings. The molecule has 1 aromatic heterocycles. The molecule has 0 saturated heterocycles. The molecule has 3 rings (SSSR count). The molecule has 0 radical (unpaired) electrons. The van der Waals surface area contributed by atoms with Crippen molar-refractivity contribution in [2.75, 3.05) is 0 Å². The summed E-state index contributed by atoms with van der Waals surface area (Å²) in [4.78, 5) is 3.07. The summed E-state index contributed by atoms with van der Waals surface area (Å²) in [5.41, 5.74) is 8.27. The van der Waals surface area contributed by atoms with Gasteiger partial charge in [0.2, 0.25) is 0 Å². The predicted octanol–water partition coefficient (Wildman–Crippen LogP) is 7.00. The molecule has 0 N–H and O–H groups in total. The molecule has 1 heterocycles. The van der Waals surface area contributed by atoms with Crippen molar-refractivity contribution in [3.05, 3.63) is 69.4 Å². The van der Waals surface area contributed by atoms with Gasteiger partial charge in [0.1, 0.15) is 0 Å². The quantitative estimate of drug-likeness (QED) is 0.551. The van der Waals surface area contributed by atoms with Gasteiger partial charge in [-0.3, -0.25) is 0 Å². The summed E-state index contributed by atoms with van der Waals surface area (Å²) in [6.07, 6.45) is 5.86. The highest BCUT2D eigenvalue weighted by Gasteiger charge is 2.25. The Bertz CT molecular complexity index is 758. The standard InChI is InChI=1S/C23H28S/c1-6-16(3)23-18(5)24-22-12-9-19(14-21(22)23)13-17(4)20-10-7-15(2)8-11-20/h7-8,10-11,19H,3-4,6,9,12-14H2,1-2,5H3. The van der Waals surface area contributed by atoms with Crippen LogP contribution in [-0.4, -0.2) is 0 Å². The lowest BCUT2D eigenvalue weighted by Gasteiger charge is -2.24. The molecular formula is C23H28S. The van der Waals surface area contributed by atoms with Gasteiger partial charge in [-0.2, -0.15) is 0 Å². The van der Waals surface area contributed by atoms with Crippen LogP contribution in [0.25, 0.3) is 11.1 Å². The first-order chi connectivity index (χ1) is 11.5. The molecule has 0 amide bonds. The summed E-state index contributed by atoms with van der Waals surface area (Å²) in [5.74, 6) is 0.712. The average Bonchev–Trinajstić information content (AvgIpc) is 2.90. The van der Waals surface area contributed by atoms with Crippen LogP contribution in [0.5, 0.6) is 0 Å². The molecule has 0 nitrogen and oxygen atoms in total. The summed E-state index contributed by atoms with van der Waals surface area (Å²) in [6.45, 7) is 15.3. The summed E-state index contributed by atoms with van der Waals surface area (Å²) in [7, 11) is 0. The fraction of sp³-hybridized carbons (Fsp3) is 0.391. The lowest BCUT2D eigenvalue weighted by Crippen LogP contribution is -2.14. The SMILES string of the molecule is C=C(CC1CCc2sc(C)c(C(=C)CC)c2C1)c1ccc(C)cc1. The Kier molecular flexibility index (Phi) is 5.10. The third-order valence-corrected chi connectivity index (χ3v) is 6.52. The molecule has 1 aromatic carbocycles. The van der Waals surface area contributed by atoms with Crippen molar-refractivity contribution in [3.63, 3.8) is 0 Å². The zero-order valence-corrected chi connectivity index (χ0v) is 16.1. The Balaban J connectivity index is 1.76. The molecule has 0 fully saturated rings. The topological polar surface area (TPSA) is 0 Å². The van der Waals surface area contributed by atoms with Crippen molar-refractivity contribution in [3.8, 4) is 0 Å². The maximum Gasteiger partial charge on any atom is 0.00949 e. The largest absolute Gasteiger partial charge is 0.145 e. The van der Waals surface area contributed by atoms with E-state index in [2.05, 4.69) is 58.2 Å². The van der Waals surface area contributed by atoms with E-state index in [4.69, 9.17) is 0 Å². The van der Waals surface area contributed by atoms with Crippen molar-refractivity contribution in [1.82, 2.24) is 0 Å². The highest BCUT2D eigenvalue weighted by atomic mass is 32.1. The van der Waals surface area contributed by atoms with Crippen LogP contribution >= 0.6 is 11.3 Å². The van der Waals surface area contributed by atoms with Gasteiger partial charge in [0.15, 0.2) is 0 Å². The minimum Gasteiger partial charge on any atom is -0.145 e. The first kappa shape index (κ1) is 17.2. The zero-order chi connectivity index (χ0) is 17.3. The predicted molar refractivity (Wildman–Crippen MR) is 109 cm³/mol. The third-order valence-electron chi connectivity index (χ3n) is 5.31. The smallest absolute Gasteiger partial charge is 0.00949 e. The molecule has 0 saturated carbocycles. The Hall–Kier alpha value is -1.60. The first-order valence-electron chi connectivity index (χ1n) is 9.03. The third kappa shape index (κ3) is 3.42. The van der Waals surface area contributed by atoms with Gasteiger partial charge < -0.3 is 0 Å². The van der Waals surface area contributed by atoms with Crippen LogP contribution in [0.4, 0.5) is 0 Å². The molecule has 126 valence electrons. The van der Waals surface area contributed by atoms with E-state index in [0.29, 0.717) is 5.92 Å². The normalized spacial score (nSPS) is 16.7. The zero-order valence-electron chi connectivity index (χ0n) is 15.2. The molecule has 0 aliphatic heterocycles. The highest BCUT2D eigenvalue weighted by molar-refractivity contribution is 7.12. The van der Waals surface area contributed by atoms with Crippen LogP contribution in [0, 0.1) is 19.8 Å². The monoisotopic (exact) mass is 336 g/mol. The number of fused-ring (bicyclic) bond motifs is 1. The van der Waals surface area contributed by atoms with Crippen LogP contribution in [0.1, 0.15) is 58.2 Å². The van der Waals surface area contributed by atoms with Gasteiger partial charge in [-0.25, -0.2) is 0 Å². The summed E-state index contributed by atoms with van der Waals surface area (Å²) < 4.78 is 0. The van der Waals surface area contributed by atoms with Crippen LogP contribution in [0.2, 0.25) is 0 Å². The Morgan fingerprint density at radius 2 is 1.83 bits per heavy atom. The fourth-order valence-electron chi connectivity index (χ4n) is 3.86. The summed E-state index contributed by atoms with van der Waals surface area (Å²) in [5, 5.41) is 0. The van der Waals surface area contributed by atoms with E-state index in [1.165, 1.54) is 52.0 Å². The van der Waals surface area contributed by atoms with Crippen molar-refractivity contribution in [2.45, 2.75) is 52.9 Å². The number of thiophene rings is 1. The van der Waals surface area contributed by atoms with Crippen molar-refractivity contribution >= 4 is 22.5 Å². The van der Waals surface area contributed by atoms with E-state index in [-0.39, 0.29) is 0 Å². The van der Waals surface area contributed by atoms with E-state index in [1.54, 1.807) is 10.4 Å². The first-order valence-corrected chi connectivity index (χ1v) is 9.85. The van der Waals surface area contributed by atoms with Gasteiger partial charge >= 0.3 is 0 Å². The fourth-order valence-corrected chi connectivity index (χ4v) is 5.13. The molecular weight excluding hydrogens is 308 g/mol. The van der Waals surface area contributed by atoms with Gasteiger partial charge in [0.05, 0.1) is 0 Å². The highest BCUT2D eigenvalue weighted by Crippen LogP contribution is 2.41. The Morgan fingerprint density at radius 3 is 2.50 bits per heavy atom. The maximum atomic E-state index is 4.37. The number of allylic oxidation sites excluding steroid dienone is 2. The molecule has 1 atom stereocenters. The number of benzene rings is 1.